The second-order valence-corrected chi connectivity index (χ2v) is 5.25. The number of nitrogens with zero attached hydrogens (tertiary/aromatic N) is 1. The predicted octanol–water partition coefficient (Wildman–Crippen LogP) is 3.08. The minimum Gasteiger partial charge on any atom is -0.490 e. The molecule has 0 radical (unpaired) electrons. The molecular formula is C15H17NO2. The summed E-state index contributed by atoms with van der Waals surface area (Å²) in [5.41, 5.74) is 1.06. The van der Waals surface area contributed by atoms with Crippen molar-refractivity contribution in [1.82, 2.24) is 0 Å². The number of nitriles is 1. The highest BCUT2D eigenvalue weighted by Gasteiger charge is 2.37. The maximum absolute atomic E-state index is 9.28. The van der Waals surface area contributed by atoms with Crippen molar-refractivity contribution in [2.45, 2.75) is 32.1 Å². The van der Waals surface area contributed by atoms with Crippen molar-refractivity contribution in [3.63, 3.8) is 0 Å². The SMILES string of the molecule is N#CC1(Cc2ccc3c(c2)OCCCO3)CCC1. The van der Waals surface area contributed by atoms with Gasteiger partial charge in [0.15, 0.2) is 11.5 Å². The lowest BCUT2D eigenvalue weighted by atomic mass is 9.66. The molecule has 0 N–H and O–H groups in total. The zero-order chi connectivity index (χ0) is 12.4. The molecule has 3 heteroatoms. The third kappa shape index (κ3) is 2.03. The van der Waals surface area contributed by atoms with Crippen LogP contribution in [0.2, 0.25) is 0 Å². The van der Waals surface area contributed by atoms with Gasteiger partial charge in [-0.3, -0.25) is 0 Å². The van der Waals surface area contributed by atoms with E-state index < -0.39 is 0 Å². The standard InChI is InChI=1S/C15H17NO2/c16-11-15(5-1-6-15)10-12-3-4-13-14(9-12)18-8-2-7-17-13/h3-4,9H,1-2,5-8,10H2. The first-order valence-corrected chi connectivity index (χ1v) is 6.61. The third-order valence-electron chi connectivity index (χ3n) is 3.90. The summed E-state index contributed by atoms with van der Waals surface area (Å²) in [5, 5.41) is 9.28. The number of benzene rings is 1. The first kappa shape index (κ1) is 11.4. The zero-order valence-corrected chi connectivity index (χ0v) is 10.4. The summed E-state index contributed by atoms with van der Waals surface area (Å²) in [4.78, 5) is 0. The molecule has 3 nitrogen and oxygen atoms in total. The van der Waals surface area contributed by atoms with Crippen molar-refractivity contribution < 1.29 is 9.47 Å². The lowest BCUT2D eigenvalue weighted by Crippen LogP contribution is -2.29. The van der Waals surface area contributed by atoms with E-state index in [2.05, 4.69) is 12.1 Å². The van der Waals surface area contributed by atoms with Crippen LogP contribution < -0.4 is 9.47 Å². The maximum Gasteiger partial charge on any atom is 0.161 e. The van der Waals surface area contributed by atoms with Crippen LogP contribution in [0.5, 0.6) is 11.5 Å². The topological polar surface area (TPSA) is 42.2 Å². The minimum absolute atomic E-state index is 0.125. The van der Waals surface area contributed by atoms with Gasteiger partial charge in [-0.1, -0.05) is 12.5 Å². The Morgan fingerprint density at radius 1 is 1.11 bits per heavy atom. The molecule has 18 heavy (non-hydrogen) atoms. The second-order valence-electron chi connectivity index (χ2n) is 5.25. The van der Waals surface area contributed by atoms with Gasteiger partial charge in [-0.05, 0) is 37.0 Å². The molecule has 94 valence electrons. The molecule has 0 amide bonds. The molecular weight excluding hydrogens is 226 g/mol. The lowest BCUT2D eigenvalue weighted by Gasteiger charge is -2.35. The highest BCUT2D eigenvalue weighted by Crippen LogP contribution is 2.44. The molecule has 3 rings (SSSR count). The first-order chi connectivity index (χ1) is 8.81. The van der Waals surface area contributed by atoms with Gasteiger partial charge in [0.05, 0.1) is 24.7 Å². The molecule has 0 spiro atoms. The molecule has 0 bridgehead atoms. The van der Waals surface area contributed by atoms with Gasteiger partial charge >= 0.3 is 0 Å². The van der Waals surface area contributed by atoms with Crippen LogP contribution in [0.1, 0.15) is 31.2 Å². The second kappa shape index (κ2) is 4.53. The van der Waals surface area contributed by atoms with E-state index in [0.717, 1.165) is 37.2 Å². The van der Waals surface area contributed by atoms with Crippen molar-refractivity contribution in [3.05, 3.63) is 23.8 Å². The molecule has 2 aliphatic rings. The molecule has 0 atom stereocenters. The number of rotatable bonds is 2. The normalized spacial score (nSPS) is 20.4. The fourth-order valence-electron chi connectivity index (χ4n) is 2.64. The maximum atomic E-state index is 9.28. The summed E-state index contributed by atoms with van der Waals surface area (Å²) in [5.74, 6) is 1.66. The highest BCUT2D eigenvalue weighted by molar-refractivity contribution is 5.44. The number of hydrogen-bond donors (Lipinski definition) is 0. The molecule has 0 aromatic heterocycles. The van der Waals surface area contributed by atoms with Crippen molar-refractivity contribution in [2.75, 3.05) is 13.2 Å². The number of ether oxygens (including phenoxy) is 2. The van der Waals surface area contributed by atoms with Crippen LogP contribution in [-0.2, 0) is 6.42 Å². The van der Waals surface area contributed by atoms with Gasteiger partial charge in [-0.15, -0.1) is 0 Å². The van der Waals surface area contributed by atoms with E-state index in [9.17, 15) is 5.26 Å². The molecule has 1 aromatic carbocycles. The Morgan fingerprint density at radius 3 is 2.56 bits per heavy atom. The van der Waals surface area contributed by atoms with Crippen molar-refractivity contribution in [1.29, 1.82) is 5.26 Å². The quantitative estimate of drug-likeness (QED) is 0.801. The summed E-state index contributed by atoms with van der Waals surface area (Å²) in [6.45, 7) is 1.42. The van der Waals surface area contributed by atoms with Gasteiger partial charge in [-0.25, -0.2) is 0 Å². The molecule has 1 fully saturated rings. The van der Waals surface area contributed by atoms with Crippen LogP contribution >= 0.6 is 0 Å². The highest BCUT2D eigenvalue weighted by atomic mass is 16.5. The smallest absolute Gasteiger partial charge is 0.161 e. The first-order valence-electron chi connectivity index (χ1n) is 6.61. The van der Waals surface area contributed by atoms with E-state index in [4.69, 9.17) is 9.47 Å². The summed E-state index contributed by atoms with van der Waals surface area (Å²) in [6.07, 6.45) is 4.99. The summed E-state index contributed by atoms with van der Waals surface area (Å²) in [6, 6.07) is 8.56. The number of fused-ring (bicyclic) bond motifs is 1. The lowest BCUT2D eigenvalue weighted by molar-refractivity contribution is 0.213. The van der Waals surface area contributed by atoms with E-state index in [0.29, 0.717) is 13.2 Å². The van der Waals surface area contributed by atoms with E-state index >= 15 is 0 Å². The Kier molecular flexibility index (Phi) is 2.87. The molecule has 0 saturated heterocycles. The van der Waals surface area contributed by atoms with E-state index in [1.54, 1.807) is 0 Å². The Labute approximate surface area is 107 Å². The number of hydrogen-bond acceptors (Lipinski definition) is 3. The fourth-order valence-corrected chi connectivity index (χ4v) is 2.64. The Balaban J connectivity index is 1.81. The average molecular weight is 243 g/mol. The Morgan fingerprint density at radius 2 is 1.89 bits per heavy atom. The summed E-state index contributed by atoms with van der Waals surface area (Å²) >= 11 is 0. The zero-order valence-electron chi connectivity index (χ0n) is 10.4. The van der Waals surface area contributed by atoms with E-state index in [-0.39, 0.29) is 5.41 Å². The molecule has 1 aliphatic carbocycles. The van der Waals surface area contributed by atoms with Crippen LogP contribution in [0.25, 0.3) is 0 Å². The third-order valence-corrected chi connectivity index (χ3v) is 3.90. The van der Waals surface area contributed by atoms with Crippen molar-refractivity contribution in [3.8, 4) is 17.6 Å². The van der Waals surface area contributed by atoms with Gasteiger partial charge in [0, 0.05) is 6.42 Å². The minimum atomic E-state index is -0.125. The molecule has 1 aromatic rings. The Hall–Kier alpha value is -1.69. The van der Waals surface area contributed by atoms with Crippen LogP contribution in [0.15, 0.2) is 18.2 Å². The molecule has 1 heterocycles. The van der Waals surface area contributed by atoms with Gasteiger partial charge < -0.3 is 9.47 Å². The summed E-state index contributed by atoms with van der Waals surface area (Å²) < 4.78 is 11.3. The molecule has 1 saturated carbocycles. The van der Waals surface area contributed by atoms with E-state index in [1.807, 2.05) is 12.1 Å². The van der Waals surface area contributed by atoms with Gasteiger partial charge in [-0.2, -0.15) is 5.26 Å². The van der Waals surface area contributed by atoms with Crippen LogP contribution in [0, 0.1) is 16.7 Å². The fraction of sp³-hybridized carbons (Fsp3) is 0.533. The Bertz CT molecular complexity index is 486. The van der Waals surface area contributed by atoms with Gasteiger partial charge in [0.25, 0.3) is 0 Å². The molecule has 0 unspecified atom stereocenters. The van der Waals surface area contributed by atoms with Gasteiger partial charge in [0.2, 0.25) is 0 Å². The van der Waals surface area contributed by atoms with Crippen molar-refractivity contribution >= 4 is 0 Å². The van der Waals surface area contributed by atoms with Crippen LogP contribution in [0.3, 0.4) is 0 Å². The monoisotopic (exact) mass is 243 g/mol. The van der Waals surface area contributed by atoms with Gasteiger partial charge in [0.1, 0.15) is 0 Å². The van der Waals surface area contributed by atoms with Crippen LogP contribution in [0.4, 0.5) is 0 Å². The van der Waals surface area contributed by atoms with Crippen molar-refractivity contribution in [2.24, 2.45) is 5.41 Å². The predicted molar refractivity (Wildman–Crippen MR) is 67.7 cm³/mol. The largest absolute Gasteiger partial charge is 0.490 e. The average Bonchev–Trinajstić information content (AvgIpc) is 2.58. The van der Waals surface area contributed by atoms with E-state index in [1.165, 1.54) is 12.0 Å². The van der Waals surface area contributed by atoms with Crippen LogP contribution in [-0.4, -0.2) is 13.2 Å². The summed E-state index contributed by atoms with van der Waals surface area (Å²) in [7, 11) is 0. The molecule has 1 aliphatic heterocycles.